The number of carboxylic acids is 2. The Morgan fingerprint density at radius 1 is 1.22 bits per heavy atom. The van der Waals surface area contributed by atoms with Crippen LogP contribution >= 0.6 is 11.8 Å². The molecule has 98 valence electrons. The second-order valence-electron chi connectivity index (χ2n) is 3.96. The van der Waals surface area contributed by atoms with Crippen molar-refractivity contribution < 1.29 is 19.8 Å². The first-order valence-corrected chi connectivity index (χ1v) is 6.66. The summed E-state index contributed by atoms with van der Waals surface area (Å²) in [5, 5.41) is 17.3. The number of aliphatic carboxylic acids is 2. The first-order valence-electron chi connectivity index (χ1n) is 5.61. The van der Waals surface area contributed by atoms with Crippen molar-refractivity contribution in [3.05, 3.63) is 35.4 Å². The van der Waals surface area contributed by atoms with E-state index >= 15 is 0 Å². The molecule has 1 unspecified atom stereocenters. The van der Waals surface area contributed by atoms with Crippen LogP contribution in [0.2, 0.25) is 0 Å². The quantitative estimate of drug-likeness (QED) is 0.795. The van der Waals surface area contributed by atoms with E-state index in [1.807, 2.05) is 31.2 Å². The van der Waals surface area contributed by atoms with Gasteiger partial charge in [-0.05, 0) is 18.1 Å². The highest BCUT2D eigenvalue weighted by Crippen LogP contribution is 2.34. The fourth-order valence-corrected chi connectivity index (χ4v) is 2.94. The molecular formula is C13H16O4S. The Labute approximate surface area is 110 Å². The molecule has 0 saturated heterocycles. The fraction of sp³-hybridized carbons (Fsp3) is 0.385. The number of hydrogen-bond donors (Lipinski definition) is 2. The van der Waals surface area contributed by atoms with Crippen molar-refractivity contribution in [2.45, 2.75) is 25.0 Å². The van der Waals surface area contributed by atoms with E-state index in [0.717, 1.165) is 11.1 Å². The number of thioether (sulfide) groups is 1. The highest BCUT2D eigenvalue weighted by molar-refractivity contribution is 7.99. The minimum atomic E-state index is -0.869. The van der Waals surface area contributed by atoms with Crippen LogP contribution < -0.4 is 0 Å². The Morgan fingerprint density at radius 3 is 2.44 bits per heavy atom. The summed E-state index contributed by atoms with van der Waals surface area (Å²) in [6, 6.07) is 7.60. The minimum Gasteiger partial charge on any atom is -0.481 e. The van der Waals surface area contributed by atoms with Gasteiger partial charge in [0.1, 0.15) is 0 Å². The number of rotatable bonds is 7. The van der Waals surface area contributed by atoms with Gasteiger partial charge in [0.25, 0.3) is 0 Å². The molecule has 1 aromatic carbocycles. The van der Waals surface area contributed by atoms with Gasteiger partial charge in [0.15, 0.2) is 0 Å². The molecule has 1 aromatic rings. The molecule has 0 fully saturated rings. The predicted molar refractivity (Wildman–Crippen MR) is 70.9 cm³/mol. The smallest absolute Gasteiger partial charge is 0.304 e. The highest BCUT2D eigenvalue weighted by atomic mass is 32.2. The van der Waals surface area contributed by atoms with E-state index in [4.69, 9.17) is 10.2 Å². The molecule has 2 N–H and O–H groups in total. The van der Waals surface area contributed by atoms with Gasteiger partial charge in [-0.25, -0.2) is 0 Å². The van der Waals surface area contributed by atoms with Crippen molar-refractivity contribution in [2.24, 2.45) is 0 Å². The van der Waals surface area contributed by atoms with E-state index < -0.39 is 11.9 Å². The lowest BCUT2D eigenvalue weighted by Crippen LogP contribution is -2.06. The van der Waals surface area contributed by atoms with Gasteiger partial charge < -0.3 is 10.2 Å². The Bertz CT molecular complexity index is 431. The van der Waals surface area contributed by atoms with Gasteiger partial charge in [-0.2, -0.15) is 11.8 Å². The zero-order chi connectivity index (χ0) is 13.5. The average Bonchev–Trinajstić information content (AvgIpc) is 2.27. The average molecular weight is 268 g/mol. The lowest BCUT2D eigenvalue weighted by molar-refractivity contribution is -0.137. The van der Waals surface area contributed by atoms with Crippen LogP contribution in [0.15, 0.2) is 24.3 Å². The summed E-state index contributed by atoms with van der Waals surface area (Å²) in [6.07, 6.45) is 0.0573. The molecule has 0 aliphatic carbocycles. The van der Waals surface area contributed by atoms with Gasteiger partial charge in [-0.15, -0.1) is 0 Å². The third kappa shape index (κ3) is 4.79. The number of benzene rings is 1. The molecule has 4 nitrogen and oxygen atoms in total. The van der Waals surface area contributed by atoms with Gasteiger partial charge in [0, 0.05) is 11.0 Å². The summed E-state index contributed by atoms with van der Waals surface area (Å²) in [7, 11) is 0. The Balaban J connectivity index is 2.75. The maximum absolute atomic E-state index is 10.9. The van der Waals surface area contributed by atoms with E-state index in [2.05, 4.69) is 0 Å². The summed E-state index contributed by atoms with van der Waals surface area (Å²) in [5.41, 5.74) is 2.00. The lowest BCUT2D eigenvalue weighted by Gasteiger charge is -2.16. The second-order valence-corrected chi connectivity index (χ2v) is 5.27. The first-order chi connectivity index (χ1) is 8.50. The highest BCUT2D eigenvalue weighted by Gasteiger charge is 2.18. The van der Waals surface area contributed by atoms with Crippen molar-refractivity contribution in [1.29, 1.82) is 0 Å². The summed E-state index contributed by atoms with van der Waals surface area (Å²) >= 11 is 1.38. The monoisotopic (exact) mass is 268 g/mol. The normalized spacial score (nSPS) is 12.1. The Hall–Kier alpha value is -1.49. The summed E-state index contributed by atoms with van der Waals surface area (Å²) in [4.78, 5) is 21.3. The van der Waals surface area contributed by atoms with Crippen molar-refractivity contribution >= 4 is 23.7 Å². The molecule has 1 rings (SSSR count). The Kier molecular flexibility index (Phi) is 5.71. The van der Waals surface area contributed by atoms with Crippen molar-refractivity contribution in [1.82, 2.24) is 0 Å². The molecule has 1 atom stereocenters. The van der Waals surface area contributed by atoms with Gasteiger partial charge in [0.05, 0.1) is 12.8 Å². The van der Waals surface area contributed by atoms with E-state index in [0.29, 0.717) is 5.75 Å². The van der Waals surface area contributed by atoms with E-state index in [9.17, 15) is 9.59 Å². The molecule has 0 radical (unpaired) electrons. The summed E-state index contributed by atoms with van der Waals surface area (Å²) < 4.78 is 0. The summed E-state index contributed by atoms with van der Waals surface area (Å²) in [6.45, 7) is 1.93. The largest absolute Gasteiger partial charge is 0.481 e. The van der Waals surface area contributed by atoms with Gasteiger partial charge >= 0.3 is 11.9 Å². The lowest BCUT2D eigenvalue weighted by atomic mass is 10.0. The SMILES string of the molecule is Cc1ccccc1C(CC(=O)O)SCCC(=O)O. The zero-order valence-corrected chi connectivity index (χ0v) is 10.9. The van der Waals surface area contributed by atoms with Crippen LogP contribution in [0.25, 0.3) is 0 Å². The fourth-order valence-electron chi connectivity index (χ4n) is 1.65. The minimum absolute atomic E-state index is 0.00907. The van der Waals surface area contributed by atoms with Crippen molar-refractivity contribution in [3.8, 4) is 0 Å². The van der Waals surface area contributed by atoms with Gasteiger partial charge in [-0.1, -0.05) is 24.3 Å². The van der Waals surface area contributed by atoms with Crippen molar-refractivity contribution in [3.63, 3.8) is 0 Å². The third-order valence-electron chi connectivity index (χ3n) is 2.53. The molecule has 0 spiro atoms. The van der Waals surface area contributed by atoms with Crippen LogP contribution in [-0.4, -0.2) is 27.9 Å². The van der Waals surface area contributed by atoms with E-state index in [-0.39, 0.29) is 18.1 Å². The maximum Gasteiger partial charge on any atom is 0.304 e. The standard InChI is InChI=1S/C13H16O4S/c1-9-4-2-3-5-10(9)11(8-13(16)17)18-7-6-12(14)15/h2-5,11H,6-8H2,1H3,(H,14,15)(H,16,17). The molecule has 0 heterocycles. The van der Waals surface area contributed by atoms with Crippen LogP contribution in [0.1, 0.15) is 29.2 Å². The number of aryl methyl sites for hydroxylation is 1. The molecular weight excluding hydrogens is 252 g/mol. The van der Waals surface area contributed by atoms with Crippen molar-refractivity contribution in [2.75, 3.05) is 5.75 Å². The third-order valence-corrected chi connectivity index (χ3v) is 3.79. The van der Waals surface area contributed by atoms with Gasteiger partial charge in [-0.3, -0.25) is 9.59 Å². The summed E-state index contributed by atoms with van der Waals surface area (Å²) in [5.74, 6) is -1.31. The molecule has 0 aromatic heterocycles. The van der Waals surface area contributed by atoms with Crippen LogP contribution in [0.4, 0.5) is 0 Å². The van der Waals surface area contributed by atoms with Crippen LogP contribution in [0.5, 0.6) is 0 Å². The molecule has 0 amide bonds. The predicted octanol–water partition coefficient (Wildman–Crippen LogP) is 2.72. The van der Waals surface area contributed by atoms with Crippen LogP contribution in [0.3, 0.4) is 0 Å². The second kappa shape index (κ2) is 7.06. The zero-order valence-electron chi connectivity index (χ0n) is 10.1. The first kappa shape index (κ1) is 14.6. The molecule has 18 heavy (non-hydrogen) atoms. The molecule has 0 aliphatic heterocycles. The molecule has 5 heteroatoms. The topological polar surface area (TPSA) is 74.6 Å². The number of carbonyl (C=O) groups is 2. The molecule has 0 bridgehead atoms. The van der Waals surface area contributed by atoms with Gasteiger partial charge in [0.2, 0.25) is 0 Å². The molecule has 0 saturated carbocycles. The Morgan fingerprint density at radius 2 is 1.89 bits per heavy atom. The van der Waals surface area contributed by atoms with E-state index in [1.54, 1.807) is 0 Å². The maximum atomic E-state index is 10.9. The van der Waals surface area contributed by atoms with Crippen LogP contribution in [-0.2, 0) is 9.59 Å². The number of carboxylic acid groups (broad SMARTS) is 2. The molecule has 0 aliphatic rings. The number of hydrogen-bond acceptors (Lipinski definition) is 3. The van der Waals surface area contributed by atoms with E-state index in [1.165, 1.54) is 11.8 Å². The van der Waals surface area contributed by atoms with Crippen LogP contribution in [0, 0.1) is 6.92 Å².